The molecule has 1 saturated heterocycles. The smallest absolute Gasteiger partial charge is 0.217 e. The van der Waals surface area contributed by atoms with Gasteiger partial charge in [-0.25, -0.2) is 0 Å². The maximum Gasteiger partial charge on any atom is 0.217 e. The summed E-state index contributed by atoms with van der Waals surface area (Å²) < 4.78 is 0. The quantitative estimate of drug-likeness (QED) is 0.564. The molecule has 1 aliphatic heterocycles. The van der Waals surface area contributed by atoms with Gasteiger partial charge in [-0.2, -0.15) is 0 Å². The van der Waals surface area contributed by atoms with Crippen molar-refractivity contribution in [2.75, 3.05) is 40.8 Å². The number of carbonyl (C=O) groups is 1. The fourth-order valence-electron chi connectivity index (χ4n) is 4.53. The highest BCUT2D eigenvalue weighted by Crippen LogP contribution is 2.28. The summed E-state index contributed by atoms with van der Waals surface area (Å²) in [4.78, 5) is 20.4. The molecular weight excluding hydrogens is 314 g/mol. The molecule has 2 unspecified atom stereocenters. The highest BCUT2D eigenvalue weighted by atomic mass is 16.1. The van der Waals surface area contributed by atoms with E-state index in [0.717, 1.165) is 44.4 Å². The van der Waals surface area contributed by atoms with E-state index in [1.807, 2.05) is 7.05 Å². The lowest BCUT2D eigenvalue weighted by Gasteiger charge is -2.38. The van der Waals surface area contributed by atoms with Crippen molar-refractivity contribution < 1.29 is 4.79 Å². The van der Waals surface area contributed by atoms with Crippen molar-refractivity contribution in [1.82, 2.24) is 15.1 Å². The topological polar surface area (TPSA) is 74.0 Å². The second-order valence-corrected chi connectivity index (χ2v) is 7.98. The molecule has 0 aromatic carbocycles. The average Bonchev–Trinajstić information content (AvgIpc) is 2.59. The van der Waals surface area contributed by atoms with E-state index in [1.165, 1.54) is 32.1 Å². The summed E-state index contributed by atoms with van der Waals surface area (Å²) in [7, 11) is 6.23. The number of amides is 1. The van der Waals surface area contributed by atoms with Crippen LogP contribution >= 0.6 is 0 Å². The number of hydrogen-bond acceptors (Lipinski definition) is 3. The highest BCUT2D eigenvalue weighted by molar-refractivity contribution is 5.80. The largest absolute Gasteiger partial charge is 0.370 e. The van der Waals surface area contributed by atoms with Crippen LogP contribution in [0.2, 0.25) is 0 Å². The van der Waals surface area contributed by atoms with Crippen molar-refractivity contribution in [3.8, 4) is 0 Å². The summed E-state index contributed by atoms with van der Waals surface area (Å²) in [5.41, 5.74) is 5.38. The van der Waals surface area contributed by atoms with Gasteiger partial charge < -0.3 is 20.9 Å². The normalized spacial score (nSPS) is 24.4. The van der Waals surface area contributed by atoms with Gasteiger partial charge >= 0.3 is 0 Å². The van der Waals surface area contributed by atoms with Crippen LogP contribution in [0.4, 0.5) is 0 Å². The average molecular weight is 352 g/mol. The Morgan fingerprint density at radius 2 is 1.96 bits per heavy atom. The van der Waals surface area contributed by atoms with Crippen molar-refractivity contribution in [3.63, 3.8) is 0 Å². The molecule has 2 atom stereocenters. The van der Waals surface area contributed by atoms with Gasteiger partial charge in [0.2, 0.25) is 5.91 Å². The summed E-state index contributed by atoms with van der Waals surface area (Å²) in [6, 6.07) is 0.545. The van der Waals surface area contributed by atoms with Gasteiger partial charge in [0.1, 0.15) is 0 Å². The van der Waals surface area contributed by atoms with E-state index >= 15 is 0 Å². The third-order valence-corrected chi connectivity index (χ3v) is 5.85. The molecule has 1 saturated carbocycles. The monoisotopic (exact) mass is 351 g/mol. The third kappa shape index (κ3) is 6.17. The van der Waals surface area contributed by atoms with E-state index in [0.29, 0.717) is 18.4 Å². The van der Waals surface area contributed by atoms with Gasteiger partial charge in [-0.15, -0.1) is 0 Å². The third-order valence-electron chi connectivity index (χ3n) is 5.85. The zero-order valence-corrected chi connectivity index (χ0v) is 16.3. The first-order valence-corrected chi connectivity index (χ1v) is 9.91. The second-order valence-electron chi connectivity index (χ2n) is 7.98. The van der Waals surface area contributed by atoms with Crippen molar-refractivity contribution >= 4 is 11.9 Å². The minimum absolute atomic E-state index is 0.195. The molecule has 25 heavy (non-hydrogen) atoms. The molecule has 1 amide bonds. The number of primary amides is 1. The molecule has 2 fully saturated rings. The predicted octanol–water partition coefficient (Wildman–Crippen LogP) is 1.66. The Hall–Kier alpha value is -1.30. The maximum atomic E-state index is 11.2. The summed E-state index contributed by atoms with van der Waals surface area (Å²) in [6.07, 6.45) is 9.46. The van der Waals surface area contributed by atoms with Crippen LogP contribution in [0.25, 0.3) is 0 Å². The Bertz CT molecular complexity index is 445. The van der Waals surface area contributed by atoms with E-state index in [-0.39, 0.29) is 5.91 Å². The lowest BCUT2D eigenvalue weighted by Crippen LogP contribution is -2.51. The first kappa shape index (κ1) is 20.0. The number of likely N-dealkylation sites (tertiary alicyclic amines) is 1. The SMILES string of the molecule is CN=C(NCC(C1CCCCC1)N(C)C)N1CCCC(CC(N)=O)C1. The maximum absolute atomic E-state index is 11.2. The Labute approximate surface area is 153 Å². The summed E-state index contributed by atoms with van der Waals surface area (Å²) >= 11 is 0. The zero-order chi connectivity index (χ0) is 18.2. The number of likely N-dealkylation sites (N-methyl/N-ethyl adjacent to an activating group) is 1. The predicted molar refractivity (Wildman–Crippen MR) is 104 cm³/mol. The molecule has 3 N–H and O–H groups in total. The molecule has 1 aliphatic carbocycles. The van der Waals surface area contributed by atoms with Crippen molar-refractivity contribution in [1.29, 1.82) is 0 Å². The number of nitrogens with one attached hydrogen (secondary N) is 1. The molecule has 0 radical (unpaired) electrons. The number of nitrogens with two attached hydrogens (primary N) is 1. The fraction of sp³-hybridized carbons (Fsp3) is 0.895. The standard InChI is InChI=1S/C19H37N5O/c1-21-19(24-11-7-8-15(14-24)12-18(20)25)22-13-17(23(2)3)16-9-5-4-6-10-16/h15-17H,4-14H2,1-3H3,(H2,20,25)(H,21,22). The molecular formula is C19H37N5O. The number of rotatable bonds is 6. The first-order chi connectivity index (χ1) is 12.0. The molecule has 2 rings (SSSR count). The van der Waals surface area contributed by atoms with Crippen LogP contribution in [0.5, 0.6) is 0 Å². The molecule has 0 bridgehead atoms. The van der Waals surface area contributed by atoms with Gasteiger partial charge in [-0.05, 0) is 51.6 Å². The second kappa shape index (κ2) is 10.00. The van der Waals surface area contributed by atoms with Crippen LogP contribution in [0.1, 0.15) is 51.4 Å². The van der Waals surface area contributed by atoms with E-state index in [2.05, 4.69) is 34.2 Å². The van der Waals surface area contributed by atoms with Crippen LogP contribution in [-0.2, 0) is 4.79 Å². The van der Waals surface area contributed by atoms with E-state index < -0.39 is 0 Å². The molecule has 0 aromatic heterocycles. The van der Waals surface area contributed by atoms with Crippen molar-refractivity contribution in [2.45, 2.75) is 57.4 Å². The Morgan fingerprint density at radius 3 is 2.56 bits per heavy atom. The van der Waals surface area contributed by atoms with Crippen LogP contribution in [0.15, 0.2) is 4.99 Å². The lowest BCUT2D eigenvalue weighted by atomic mass is 9.83. The first-order valence-electron chi connectivity index (χ1n) is 9.91. The fourth-order valence-corrected chi connectivity index (χ4v) is 4.53. The highest BCUT2D eigenvalue weighted by Gasteiger charge is 2.27. The summed E-state index contributed by atoms with van der Waals surface area (Å²) in [6.45, 7) is 2.81. The Kier molecular flexibility index (Phi) is 8.00. The Morgan fingerprint density at radius 1 is 1.24 bits per heavy atom. The molecule has 6 nitrogen and oxygen atoms in total. The number of carbonyl (C=O) groups excluding carboxylic acids is 1. The lowest BCUT2D eigenvalue weighted by molar-refractivity contribution is -0.119. The minimum Gasteiger partial charge on any atom is -0.370 e. The van der Waals surface area contributed by atoms with Crippen LogP contribution in [0, 0.1) is 11.8 Å². The van der Waals surface area contributed by atoms with Gasteiger partial charge in [0.05, 0.1) is 0 Å². The van der Waals surface area contributed by atoms with Gasteiger partial charge in [0.15, 0.2) is 5.96 Å². The molecule has 2 aliphatic rings. The number of nitrogens with zero attached hydrogens (tertiary/aromatic N) is 3. The molecule has 144 valence electrons. The van der Waals surface area contributed by atoms with Gasteiger partial charge in [0, 0.05) is 39.1 Å². The number of guanidine groups is 1. The zero-order valence-electron chi connectivity index (χ0n) is 16.3. The van der Waals surface area contributed by atoms with Crippen LogP contribution < -0.4 is 11.1 Å². The molecule has 1 heterocycles. The molecule has 6 heteroatoms. The van der Waals surface area contributed by atoms with E-state index in [1.54, 1.807) is 0 Å². The number of aliphatic imine (C=N–C) groups is 1. The summed E-state index contributed by atoms with van der Waals surface area (Å²) in [5, 5.41) is 3.61. The van der Waals surface area contributed by atoms with Crippen LogP contribution in [-0.4, -0.2) is 68.5 Å². The van der Waals surface area contributed by atoms with Crippen molar-refractivity contribution in [2.24, 2.45) is 22.6 Å². The van der Waals surface area contributed by atoms with E-state index in [4.69, 9.17) is 5.73 Å². The number of piperidine rings is 1. The minimum atomic E-state index is -0.195. The number of hydrogen-bond donors (Lipinski definition) is 2. The van der Waals surface area contributed by atoms with E-state index in [9.17, 15) is 4.79 Å². The molecule has 0 spiro atoms. The summed E-state index contributed by atoms with van der Waals surface area (Å²) in [5.74, 6) is 1.91. The van der Waals surface area contributed by atoms with Crippen molar-refractivity contribution in [3.05, 3.63) is 0 Å². The van der Waals surface area contributed by atoms with Gasteiger partial charge in [-0.1, -0.05) is 19.3 Å². The Balaban J connectivity index is 1.90. The van der Waals surface area contributed by atoms with Gasteiger partial charge in [-0.3, -0.25) is 9.79 Å². The van der Waals surface area contributed by atoms with Gasteiger partial charge in [0.25, 0.3) is 0 Å². The van der Waals surface area contributed by atoms with Crippen LogP contribution in [0.3, 0.4) is 0 Å². The molecule has 0 aromatic rings.